The molecule has 8 heteroatoms. The van der Waals surface area contributed by atoms with Gasteiger partial charge in [0.2, 0.25) is 5.78 Å². The number of nitrogens with two attached hydrogens (primary N) is 1. The maximum absolute atomic E-state index is 13.6. The molecule has 0 bridgehead atoms. The summed E-state index contributed by atoms with van der Waals surface area (Å²) in [6, 6.07) is 3.05. The number of Topliss-reactive ketones (excluding diaryl/α,β-unsaturated/α-hetero) is 1. The van der Waals surface area contributed by atoms with E-state index in [1.165, 1.54) is 4.68 Å². The fraction of sp³-hybridized carbons (Fsp3) is 0.353. The predicted octanol–water partition coefficient (Wildman–Crippen LogP) is 2.75. The molecule has 0 atom stereocenters. The fourth-order valence-electron chi connectivity index (χ4n) is 2.38. The van der Waals surface area contributed by atoms with Gasteiger partial charge in [0.25, 0.3) is 0 Å². The molecule has 1 aromatic carbocycles. The number of esters is 1. The van der Waals surface area contributed by atoms with Crippen molar-refractivity contribution in [3.05, 3.63) is 46.7 Å². The van der Waals surface area contributed by atoms with Gasteiger partial charge >= 0.3 is 5.97 Å². The number of anilines is 1. The van der Waals surface area contributed by atoms with Crippen molar-refractivity contribution < 1.29 is 23.1 Å². The summed E-state index contributed by atoms with van der Waals surface area (Å²) < 4.78 is 33.5. The number of benzene rings is 1. The normalized spacial score (nSPS) is 11.0. The summed E-state index contributed by atoms with van der Waals surface area (Å²) in [5.41, 5.74) is 5.57. The van der Waals surface area contributed by atoms with Gasteiger partial charge in [-0.15, -0.1) is 0 Å². The van der Waals surface area contributed by atoms with Gasteiger partial charge in [0.05, 0.1) is 11.3 Å². The van der Waals surface area contributed by atoms with Crippen LogP contribution >= 0.6 is 0 Å². The number of aryl methyl sites for hydroxylation is 1. The SMILES string of the molecule is Cc1nn(CC(C)C)c(N)c1C(=O)OCC(=O)c1c(F)cccc1F. The molecule has 2 aromatic rings. The number of nitrogen functional groups attached to an aromatic ring is 1. The third-order valence-corrected chi connectivity index (χ3v) is 3.48. The van der Waals surface area contributed by atoms with Gasteiger partial charge in [-0.05, 0) is 25.0 Å². The molecule has 2 rings (SSSR count). The fourth-order valence-corrected chi connectivity index (χ4v) is 2.38. The number of halogens is 2. The van der Waals surface area contributed by atoms with Crippen LogP contribution in [0.3, 0.4) is 0 Å². The van der Waals surface area contributed by atoms with E-state index in [9.17, 15) is 18.4 Å². The van der Waals surface area contributed by atoms with Crippen LogP contribution in [-0.4, -0.2) is 28.1 Å². The summed E-state index contributed by atoms with van der Waals surface area (Å²) >= 11 is 0. The molecule has 0 saturated heterocycles. The number of carbonyl (C=O) groups excluding carboxylic acids is 2. The Hall–Kier alpha value is -2.77. The zero-order valence-electron chi connectivity index (χ0n) is 14.2. The van der Waals surface area contributed by atoms with Crippen molar-refractivity contribution in [2.24, 2.45) is 5.92 Å². The summed E-state index contributed by atoms with van der Waals surface area (Å²) in [7, 11) is 0. The number of hydrogen-bond acceptors (Lipinski definition) is 5. The number of hydrogen-bond donors (Lipinski definition) is 1. The molecule has 0 radical (unpaired) electrons. The van der Waals surface area contributed by atoms with E-state index in [4.69, 9.17) is 10.5 Å². The Labute approximate surface area is 143 Å². The topological polar surface area (TPSA) is 87.2 Å². The standard InChI is InChI=1S/C17H19F2N3O3/c1-9(2)7-22-16(20)14(10(3)21-22)17(24)25-8-13(23)15-11(18)5-4-6-12(15)19/h4-6,9H,7-8,20H2,1-3H3. The van der Waals surface area contributed by atoms with Crippen molar-refractivity contribution >= 4 is 17.6 Å². The van der Waals surface area contributed by atoms with Crippen molar-refractivity contribution in [1.82, 2.24) is 9.78 Å². The first-order valence-electron chi connectivity index (χ1n) is 7.69. The van der Waals surface area contributed by atoms with Gasteiger partial charge in [0.15, 0.2) is 6.61 Å². The number of ether oxygens (including phenoxy) is 1. The van der Waals surface area contributed by atoms with Crippen LogP contribution in [0.15, 0.2) is 18.2 Å². The van der Waals surface area contributed by atoms with Crippen LogP contribution in [0.4, 0.5) is 14.6 Å². The maximum atomic E-state index is 13.6. The summed E-state index contributed by atoms with van der Waals surface area (Å²) in [6.07, 6.45) is 0. The van der Waals surface area contributed by atoms with Crippen LogP contribution < -0.4 is 5.73 Å². The first-order chi connectivity index (χ1) is 11.7. The van der Waals surface area contributed by atoms with Gasteiger partial charge in [-0.1, -0.05) is 19.9 Å². The molecular formula is C17H19F2N3O3. The van der Waals surface area contributed by atoms with Gasteiger partial charge in [0, 0.05) is 6.54 Å². The maximum Gasteiger partial charge on any atom is 0.344 e. The van der Waals surface area contributed by atoms with Gasteiger partial charge in [-0.3, -0.25) is 4.79 Å². The minimum Gasteiger partial charge on any atom is -0.454 e. The highest BCUT2D eigenvalue weighted by atomic mass is 19.1. The zero-order valence-corrected chi connectivity index (χ0v) is 14.2. The highest BCUT2D eigenvalue weighted by Gasteiger charge is 2.24. The second-order valence-electron chi connectivity index (χ2n) is 6.02. The molecule has 0 unspecified atom stereocenters. The molecule has 0 amide bonds. The van der Waals surface area contributed by atoms with Crippen LogP contribution in [0.5, 0.6) is 0 Å². The summed E-state index contributed by atoms with van der Waals surface area (Å²) in [5.74, 6) is -3.48. The van der Waals surface area contributed by atoms with Crippen molar-refractivity contribution in [1.29, 1.82) is 0 Å². The summed E-state index contributed by atoms with van der Waals surface area (Å²) in [6.45, 7) is 5.23. The lowest BCUT2D eigenvalue weighted by molar-refractivity contribution is 0.0472. The number of nitrogens with zero attached hydrogens (tertiary/aromatic N) is 2. The van der Waals surface area contributed by atoms with E-state index in [0.717, 1.165) is 18.2 Å². The van der Waals surface area contributed by atoms with E-state index >= 15 is 0 Å². The molecule has 1 heterocycles. The van der Waals surface area contributed by atoms with Crippen molar-refractivity contribution in [2.45, 2.75) is 27.3 Å². The summed E-state index contributed by atoms with van der Waals surface area (Å²) in [5, 5.41) is 4.17. The number of rotatable bonds is 6. The molecule has 0 fully saturated rings. The second kappa shape index (κ2) is 7.42. The molecule has 1 aromatic heterocycles. The first kappa shape index (κ1) is 18.6. The Morgan fingerprint density at radius 1 is 1.24 bits per heavy atom. The molecular weight excluding hydrogens is 332 g/mol. The molecule has 0 saturated carbocycles. The average Bonchev–Trinajstić information content (AvgIpc) is 2.78. The summed E-state index contributed by atoms with van der Waals surface area (Å²) in [4.78, 5) is 24.1. The Balaban J connectivity index is 2.13. The predicted molar refractivity (Wildman–Crippen MR) is 87.2 cm³/mol. The molecule has 0 aliphatic heterocycles. The number of aromatic nitrogens is 2. The second-order valence-corrected chi connectivity index (χ2v) is 6.02. The van der Waals surface area contributed by atoms with E-state index in [1.807, 2.05) is 13.8 Å². The number of ketones is 1. The van der Waals surface area contributed by atoms with E-state index in [-0.39, 0.29) is 17.3 Å². The first-order valence-corrected chi connectivity index (χ1v) is 7.69. The van der Waals surface area contributed by atoms with E-state index < -0.39 is 35.6 Å². The van der Waals surface area contributed by atoms with Gasteiger partial charge < -0.3 is 10.5 Å². The zero-order chi connectivity index (χ0) is 18.7. The van der Waals surface area contributed by atoms with Crippen LogP contribution in [0.1, 0.15) is 40.3 Å². The highest BCUT2D eigenvalue weighted by Crippen LogP contribution is 2.19. The van der Waals surface area contributed by atoms with Gasteiger partial charge in [-0.25, -0.2) is 18.3 Å². The van der Waals surface area contributed by atoms with Crippen molar-refractivity contribution in [2.75, 3.05) is 12.3 Å². The molecule has 0 aliphatic rings. The smallest absolute Gasteiger partial charge is 0.344 e. The molecule has 25 heavy (non-hydrogen) atoms. The quantitative estimate of drug-likeness (QED) is 0.639. The lowest BCUT2D eigenvalue weighted by Crippen LogP contribution is -2.18. The van der Waals surface area contributed by atoms with Crippen LogP contribution in [0.2, 0.25) is 0 Å². The average molecular weight is 351 g/mol. The van der Waals surface area contributed by atoms with Gasteiger partial charge in [0.1, 0.15) is 23.0 Å². The monoisotopic (exact) mass is 351 g/mol. The highest BCUT2D eigenvalue weighted by molar-refractivity contribution is 6.01. The Morgan fingerprint density at radius 3 is 2.40 bits per heavy atom. The van der Waals surface area contributed by atoms with Crippen LogP contribution in [0, 0.1) is 24.5 Å². The molecule has 134 valence electrons. The van der Waals surface area contributed by atoms with E-state index in [0.29, 0.717) is 12.2 Å². The Morgan fingerprint density at radius 2 is 1.84 bits per heavy atom. The Kier molecular flexibility index (Phi) is 5.51. The Bertz CT molecular complexity index is 795. The molecule has 2 N–H and O–H groups in total. The molecule has 0 aliphatic carbocycles. The lowest BCUT2D eigenvalue weighted by atomic mass is 10.1. The third kappa shape index (κ3) is 4.01. The van der Waals surface area contributed by atoms with Crippen molar-refractivity contribution in [3.63, 3.8) is 0 Å². The molecule has 6 nitrogen and oxygen atoms in total. The minimum atomic E-state index is -1.01. The van der Waals surface area contributed by atoms with Crippen LogP contribution in [0.25, 0.3) is 0 Å². The lowest BCUT2D eigenvalue weighted by Gasteiger charge is -2.08. The third-order valence-electron chi connectivity index (χ3n) is 3.48. The van der Waals surface area contributed by atoms with Crippen LogP contribution in [-0.2, 0) is 11.3 Å². The minimum absolute atomic E-state index is 0.0439. The van der Waals surface area contributed by atoms with Crippen molar-refractivity contribution in [3.8, 4) is 0 Å². The van der Waals surface area contributed by atoms with E-state index in [1.54, 1.807) is 6.92 Å². The van der Waals surface area contributed by atoms with Gasteiger partial charge in [-0.2, -0.15) is 5.10 Å². The molecule has 0 spiro atoms. The van der Waals surface area contributed by atoms with E-state index in [2.05, 4.69) is 5.10 Å². The largest absolute Gasteiger partial charge is 0.454 e. The number of carbonyl (C=O) groups is 2.